The largest absolute Gasteiger partial charge is 0.232 e. The Morgan fingerprint density at radius 2 is 1.94 bits per heavy atom. The summed E-state index contributed by atoms with van der Waals surface area (Å²) in [7, 11) is 0. The van der Waals surface area contributed by atoms with E-state index in [4.69, 9.17) is 11.6 Å². The van der Waals surface area contributed by atoms with Gasteiger partial charge in [-0.2, -0.15) is 0 Å². The van der Waals surface area contributed by atoms with Gasteiger partial charge in [-0.05, 0) is 19.1 Å². The SMILES string of the molecule is CCc1nc(Cl)c(C)c(-c2cccc(F)c2F)n1. The number of rotatable bonds is 2. The first-order valence-electron chi connectivity index (χ1n) is 5.52. The fourth-order valence-electron chi connectivity index (χ4n) is 1.64. The molecule has 2 aromatic rings. The number of nitrogens with zero attached hydrogens (tertiary/aromatic N) is 2. The normalized spacial score (nSPS) is 10.7. The van der Waals surface area contributed by atoms with E-state index in [1.165, 1.54) is 12.1 Å². The molecule has 5 heteroatoms. The monoisotopic (exact) mass is 268 g/mol. The van der Waals surface area contributed by atoms with Crippen LogP contribution in [0.25, 0.3) is 11.3 Å². The van der Waals surface area contributed by atoms with Crippen LogP contribution in [0.3, 0.4) is 0 Å². The van der Waals surface area contributed by atoms with Crippen molar-refractivity contribution in [1.29, 1.82) is 0 Å². The second-order valence-corrected chi connectivity index (χ2v) is 4.22. The Morgan fingerprint density at radius 1 is 1.22 bits per heavy atom. The molecule has 1 aromatic carbocycles. The third-order valence-corrected chi connectivity index (χ3v) is 3.02. The van der Waals surface area contributed by atoms with Gasteiger partial charge in [-0.3, -0.25) is 0 Å². The molecule has 0 atom stereocenters. The van der Waals surface area contributed by atoms with Crippen molar-refractivity contribution in [3.8, 4) is 11.3 Å². The fourth-order valence-corrected chi connectivity index (χ4v) is 1.83. The zero-order valence-electron chi connectivity index (χ0n) is 9.97. The molecule has 1 aromatic heterocycles. The van der Waals surface area contributed by atoms with Gasteiger partial charge in [0.1, 0.15) is 11.0 Å². The standard InChI is InChI=1S/C13H11ClF2N2/c1-3-10-17-12(7(2)13(14)18-10)8-5-4-6-9(15)11(8)16/h4-6H,3H2,1-2H3. The van der Waals surface area contributed by atoms with Gasteiger partial charge in [0.25, 0.3) is 0 Å². The van der Waals surface area contributed by atoms with Crippen LogP contribution in [0.15, 0.2) is 18.2 Å². The van der Waals surface area contributed by atoms with E-state index in [2.05, 4.69) is 9.97 Å². The van der Waals surface area contributed by atoms with E-state index in [0.717, 1.165) is 6.07 Å². The van der Waals surface area contributed by atoms with Crippen molar-refractivity contribution in [2.24, 2.45) is 0 Å². The van der Waals surface area contributed by atoms with Crippen molar-refractivity contribution in [1.82, 2.24) is 9.97 Å². The Kier molecular flexibility index (Phi) is 3.57. The third kappa shape index (κ3) is 2.20. The van der Waals surface area contributed by atoms with Crippen LogP contribution < -0.4 is 0 Å². The molecule has 18 heavy (non-hydrogen) atoms. The molecule has 0 fully saturated rings. The molecule has 2 rings (SSSR count). The van der Waals surface area contributed by atoms with Gasteiger partial charge in [-0.15, -0.1) is 0 Å². The van der Waals surface area contributed by atoms with E-state index in [0.29, 0.717) is 23.5 Å². The molecule has 1 heterocycles. The summed E-state index contributed by atoms with van der Waals surface area (Å²) in [6.45, 7) is 3.55. The first-order valence-corrected chi connectivity index (χ1v) is 5.89. The maximum atomic E-state index is 13.8. The molecule has 0 radical (unpaired) electrons. The quantitative estimate of drug-likeness (QED) is 0.771. The molecule has 94 valence electrons. The number of hydrogen-bond donors (Lipinski definition) is 0. The van der Waals surface area contributed by atoms with Crippen LogP contribution in [-0.4, -0.2) is 9.97 Å². The van der Waals surface area contributed by atoms with Crippen molar-refractivity contribution in [3.63, 3.8) is 0 Å². The lowest BCUT2D eigenvalue weighted by molar-refractivity contribution is 0.511. The lowest BCUT2D eigenvalue weighted by atomic mass is 10.1. The Hall–Kier alpha value is -1.55. The van der Waals surface area contributed by atoms with E-state index < -0.39 is 11.6 Å². The van der Waals surface area contributed by atoms with E-state index in [9.17, 15) is 8.78 Å². The maximum absolute atomic E-state index is 13.8. The summed E-state index contributed by atoms with van der Waals surface area (Å²) < 4.78 is 27.0. The van der Waals surface area contributed by atoms with Crippen molar-refractivity contribution >= 4 is 11.6 Å². The predicted octanol–water partition coefficient (Wildman–Crippen LogP) is 3.95. The van der Waals surface area contributed by atoms with Crippen LogP contribution in [0, 0.1) is 18.6 Å². The maximum Gasteiger partial charge on any atom is 0.168 e. The highest BCUT2D eigenvalue weighted by Crippen LogP contribution is 2.28. The predicted molar refractivity (Wildman–Crippen MR) is 66.5 cm³/mol. The average molecular weight is 269 g/mol. The molecule has 0 aliphatic rings. The minimum atomic E-state index is -0.919. The van der Waals surface area contributed by atoms with E-state index >= 15 is 0 Å². The minimum absolute atomic E-state index is 0.103. The molecule has 0 N–H and O–H groups in total. The zero-order valence-corrected chi connectivity index (χ0v) is 10.7. The van der Waals surface area contributed by atoms with Crippen LogP contribution in [-0.2, 0) is 6.42 Å². The third-order valence-electron chi connectivity index (χ3n) is 2.66. The molecular formula is C13H11ClF2N2. The van der Waals surface area contributed by atoms with E-state index in [-0.39, 0.29) is 10.7 Å². The number of aryl methyl sites for hydroxylation is 1. The van der Waals surface area contributed by atoms with Gasteiger partial charge in [-0.25, -0.2) is 18.7 Å². The lowest BCUT2D eigenvalue weighted by Crippen LogP contribution is -2.01. The van der Waals surface area contributed by atoms with Gasteiger partial charge >= 0.3 is 0 Å². The first kappa shape index (κ1) is 12.9. The van der Waals surface area contributed by atoms with Gasteiger partial charge in [0.05, 0.1) is 5.69 Å². The van der Waals surface area contributed by atoms with Crippen molar-refractivity contribution in [2.75, 3.05) is 0 Å². The summed E-state index contributed by atoms with van der Waals surface area (Å²) in [4.78, 5) is 8.29. The van der Waals surface area contributed by atoms with Gasteiger partial charge in [-0.1, -0.05) is 24.6 Å². The van der Waals surface area contributed by atoms with Crippen LogP contribution in [0.4, 0.5) is 8.78 Å². The fraction of sp³-hybridized carbons (Fsp3) is 0.231. The smallest absolute Gasteiger partial charge is 0.168 e. The molecule has 0 spiro atoms. The summed E-state index contributed by atoms with van der Waals surface area (Å²) in [5.74, 6) is -1.32. The van der Waals surface area contributed by atoms with E-state index in [1.807, 2.05) is 6.92 Å². The van der Waals surface area contributed by atoms with Crippen molar-refractivity contribution in [3.05, 3.63) is 46.4 Å². The number of aromatic nitrogens is 2. The Morgan fingerprint density at radius 3 is 2.61 bits per heavy atom. The molecule has 0 aliphatic heterocycles. The Bertz CT molecular complexity index is 600. The number of halogens is 3. The molecule has 0 unspecified atom stereocenters. The van der Waals surface area contributed by atoms with Crippen molar-refractivity contribution in [2.45, 2.75) is 20.3 Å². The summed E-state index contributed by atoms with van der Waals surface area (Å²) >= 11 is 5.97. The summed E-state index contributed by atoms with van der Waals surface area (Å²) in [5, 5.41) is 0.264. The molecule has 0 bridgehead atoms. The lowest BCUT2D eigenvalue weighted by Gasteiger charge is -2.09. The number of benzene rings is 1. The summed E-state index contributed by atoms with van der Waals surface area (Å²) in [6, 6.07) is 3.98. The van der Waals surface area contributed by atoms with Gasteiger partial charge in [0.2, 0.25) is 0 Å². The van der Waals surface area contributed by atoms with Crippen LogP contribution in [0.2, 0.25) is 5.15 Å². The second kappa shape index (κ2) is 4.98. The highest BCUT2D eigenvalue weighted by Gasteiger charge is 2.16. The van der Waals surface area contributed by atoms with Gasteiger partial charge < -0.3 is 0 Å². The molecule has 0 aliphatic carbocycles. The Balaban J connectivity index is 2.70. The molecule has 0 saturated carbocycles. The van der Waals surface area contributed by atoms with Gasteiger partial charge in [0, 0.05) is 17.5 Å². The zero-order chi connectivity index (χ0) is 13.3. The topological polar surface area (TPSA) is 25.8 Å². The minimum Gasteiger partial charge on any atom is -0.232 e. The van der Waals surface area contributed by atoms with Gasteiger partial charge in [0.15, 0.2) is 11.6 Å². The summed E-state index contributed by atoms with van der Waals surface area (Å²) in [5.41, 5.74) is 0.980. The molecule has 0 amide bonds. The van der Waals surface area contributed by atoms with E-state index in [1.54, 1.807) is 6.92 Å². The summed E-state index contributed by atoms with van der Waals surface area (Å²) in [6.07, 6.45) is 0.573. The second-order valence-electron chi connectivity index (χ2n) is 3.86. The molecule has 0 saturated heterocycles. The first-order chi connectivity index (χ1) is 8.54. The average Bonchev–Trinajstić information content (AvgIpc) is 2.36. The van der Waals surface area contributed by atoms with Crippen LogP contribution in [0.1, 0.15) is 18.3 Å². The molecular weight excluding hydrogens is 258 g/mol. The highest BCUT2D eigenvalue weighted by molar-refractivity contribution is 6.30. The van der Waals surface area contributed by atoms with Crippen LogP contribution in [0.5, 0.6) is 0 Å². The Labute approximate surface area is 109 Å². The number of hydrogen-bond acceptors (Lipinski definition) is 2. The highest BCUT2D eigenvalue weighted by atomic mass is 35.5. The molecule has 2 nitrogen and oxygen atoms in total. The van der Waals surface area contributed by atoms with Crippen LogP contribution >= 0.6 is 11.6 Å². The van der Waals surface area contributed by atoms with Crippen molar-refractivity contribution < 1.29 is 8.78 Å².